The van der Waals surface area contributed by atoms with E-state index in [0.29, 0.717) is 6.54 Å². The fraction of sp³-hybridized carbons (Fsp3) is 0.333. The largest absolute Gasteiger partial charge is 0.357 e. The predicted molar refractivity (Wildman–Crippen MR) is 112 cm³/mol. The van der Waals surface area contributed by atoms with Gasteiger partial charge in [0.25, 0.3) is 0 Å². The van der Waals surface area contributed by atoms with Crippen LogP contribution in [-0.4, -0.2) is 36.0 Å². The highest BCUT2D eigenvalue weighted by molar-refractivity contribution is 14.0. The zero-order valence-electron chi connectivity index (χ0n) is 14.1. The Labute approximate surface area is 166 Å². The molecule has 6 heteroatoms. The second kappa shape index (κ2) is 11.3. The summed E-state index contributed by atoms with van der Waals surface area (Å²) in [5, 5.41) is 4.08. The predicted octanol–water partition coefficient (Wildman–Crippen LogP) is 3.99. The maximum Gasteiger partial charge on any atom is 0.193 e. The molecule has 0 bridgehead atoms. The summed E-state index contributed by atoms with van der Waals surface area (Å²) in [5.41, 5.74) is 2.22. The highest BCUT2D eigenvalue weighted by atomic mass is 127. The second-order valence-corrected chi connectivity index (χ2v) is 5.73. The van der Waals surface area contributed by atoms with Crippen LogP contribution in [0.4, 0.5) is 0 Å². The molecule has 2 rings (SSSR count). The second-order valence-electron chi connectivity index (χ2n) is 5.29. The van der Waals surface area contributed by atoms with Crippen LogP contribution >= 0.6 is 35.6 Å². The Morgan fingerprint density at radius 1 is 1.25 bits per heavy atom. The standard InChI is InChI=1S/C18H23ClN4.HI/c1-3-20-18(22-12-10-17-9-4-5-11-21-17)23(2)14-15-7-6-8-16(19)13-15;/h4-9,11,13H,3,10,12,14H2,1-2H3,(H,20,22);1H. The monoisotopic (exact) mass is 458 g/mol. The average Bonchev–Trinajstić information content (AvgIpc) is 2.55. The summed E-state index contributed by atoms with van der Waals surface area (Å²) in [6, 6.07) is 13.9. The third-order valence-electron chi connectivity index (χ3n) is 3.36. The number of aromatic nitrogens is 1. The van der Waals surface area contributed by atoms with E-state index in [1.54, 1.807) is 0 Å². The molecule has 0 amide bonds. The van der Waals surface area contributed by atoms with E-state index in [0.717, 1.165) is 41.7 Å². The molecule has 0 spiro atoms. The molecule has 0 fully saturated rings. The SMILES string of the molecule is CCNC(=NCCc1ccccn1)N(C)Cc1cccc(Cl)c1.I. The number of benzene rings is 1. The third-order valence-corrected chi connectivity index (χ3v) is 3.60. The Balaban J connectivity index is 0.00000288. The van der Waals surface area contributed by atoms with Gasteiger partial charge in [-0.2, -0.15) is 0 Å². The maximum atomic E-state index is 6.05. The van der Waals surface area contributed by atoms with Crippen LogP contribution in [0.2, 0.25) is 5.02 Å². The van der Waals surface area contributed by atoms with E-state index in [9.17, 15) is 0 Å². The van der Waals surface area contributed by atoms with Crippen LogP contribution in [0.25, 0.3) is 0 Å². The molecular weight excluding hydrogens is 435 g/mol. The van der Waals surface area contributed by atoms with Crippen molar-refractivity contribution in [3.8, 4) is 0 Å². The smallest absolute Gasteiger partial charge is 0.193 e. The topological polar surface area (TPSA) is 40.5 Å². The van der Waals surface area contributed by atoms with Crippen LogP contribution in [0.1, 0.15) is 18.2 Å². The van der Waals surface area contributed by atoms with Crippen molar-refractivity contribution in [1.29, 1.82) is 0 Å². The molecule has 1 aromatic carbocycles. The van der Waals surface area contributed by atoms with Crippen LogP contribution in [0, 0.1) is 0 Å². The van der Waals surface area contributed by atoms with Gasteiger partial charge < -0.3 is 10.2 Å². The van der Waals surface area contributed by atoms with Crippen LogP contribution in [0.5, 0.6) is 0 Å². The molecule has 0 radical (unpaired) electrons. The van der Waals surface area contributed by atoms with Crippen LogP contribution in [-0.2, 0) is 13.0 Å². The molecule has 0 aliphatic rings. The Bertz CT molecular complexity index is 634. The van der Waals surface area contributed by atoms with Gasteiger partial charge >= 0.3 is 0 Å². The molecule has 2 aromatic rings. The minimum atomic E-state index is 0. The lowest BCUT2D eigenvalue weighted by atomic mass is 10.2. The molecular formula is C18H24ClIN4. The fourth-order valence-corrected chi connectivity index (χ4v) is 2.49. The molecule has 24 heavy (non-hydrogen) atoms. The quantitative estimate of drug-likeness (QED) is 0.404. The van der Waals surface area contributed by atoms with Gasteiger partial charge in [-0.05, 0) is 36.8 Å². The van der Waals surface area contributed by atoms with Gasteiger partial charge in [-0.3, -0.25) is 9.98 Å². The number of rotatable bonds is 6. The number of hydrogen-bond donors (Lipinski definition) is 1. The summed E-state index contributed by atoms with van der Waals surface area (Å²) in [4.78, 5) is 11.1. The molecule has 0 atom stereocenters. The summed E-state index contributed by atoms with van der Waals surface area (Å²) in [6.45, 7) is 4.37. The van der Waals surface area contributed by atoms with E-state index < -0.39 is 0 Å². The molecule has 0 saturated carbocycles. The van der Waals surface area contributed by atoms with Gasteiger partial charge in [0.2, 0.25) is 0 Å². The Morgan fingerprint density at radius 2 is 2.08 bits per heavy atom. The molecule has 1 aromatic heterocycles. The first-order valence-electron chi connectivity index (χ1n) is 7.83. The normalized spacial score (nSPS) is 10.9. The zero-order chi connectivity index (χ0) is 16.5. The van der Waals surface area contributed by atoms with E-state index in [2.05, 4.69) is 33.2 Å². The maximum absolute atomic E-state index is 6.05. The molecule has 0 aliphatic heterocycles. The molecule has 1 N–H and O–H groups in total. The Morgan fingerprint density at radius 3 is 2.75 bits per heavy atom. The molecule has 0 unspecified atom stereocenters. The van der Waals surface area contributed by atoms with Crippen molar-refractivity contribution in [2.24, 2.45) is 4.99 Å². The van der Waals surface area contributed by atoms with E-state index in [4.69, 9.17) is 11.6 Å². The molecule has 1 heterocycles. The number of pyridine rings is 1. The van der Waals surface area contributed by atoms with Gasteiger partial charge in [0.15, 0.2) is 5.96 Å². The van der Waals surface area contributed by atoms with Crippen molar-refractivity contribution in [2.45, 2.75) is 19.9 Å². The van der Waals surface area contributed by atoms with E-state index >= 15 is 0 Å². The number of guanidine groups is 1. The van der Waals surface area contributed by atoms with Crippen LogP contribution in [0.15, 0.2) is 53.7 Å². The number of hydrogen-bond acceptors (Lipinski definition) is 2. The minimum absolute atomic E-state index is 0. The number of nitrogens with one attached hydrogen (secondary N) is 1. The Kier molecular flexibility index (Phi) is 9.71. The molecule has 0 saturated heterocycles. The van der Waals surface area contributed by atoms with E-state index in [1.165, 1.54) is 0 Å². The first-order chi connectivity index (χ1) is 11.2. The molecule has 0 aliphatic carbocycles. The Hall–Kier alpha value is -1.34. The van der Waals surface area contributed by atoms with Gasteiger partial charge in [-0.25, -0.2) is 0 Å². The van der Waals surface area contributed by atoms with Gasteiger partial charge in [-0.15, -0.1) is 24.0 Å². The minimum Gasteiger partial charge on any atom is -0.357 e. The van der Waals surface area contributed by atoms with Crippen molar-refractivity contribution in [2.75, 3.05) is 20.1 Å². The highest BCUT2D eigenvalue weighted by Gasteiger charge is 2.06. The van der Waals surface area contributed by atoms with E-state index in [1.807, 2.05) is 49.6 Å². The van der Waals surface area contributed by atoms with Gasteiger partial charge in [-0.1, -0.05) is 29.8 Å². The number of nitrogens with zero attached hydrogens (tertiary/aromatic N) is 3. The summed E-state index contributed by atoms with van der Waals surface area (Å²) in [5.74, 6) is 0.892. The van der Waals surface area contributed by atoms with Crippen molar-refractivity contribution in [3.05, 3.63) is 64.9 Å². The van der Waals surface area contributed by atoms with Gasteiger partial charge in [0.1, 0.15) is 0 Å². The lowest BCUT2D eigenvalue weighted by Gasteiger charge is -2.22. The fourth-order valence-electron chi connectivity index (χ4n) is 2.28. The zero-order valence-corrected chi connectivity index (χ0v) is 17.2. The lowest BCUT2D eigenvalue weighted by molar-refractivity contribution is 0.477. The molecule has 4 nitrogen and oxygen atoms in total. The third kappa shape index (κ3) is 7.05. The summed E-state index contributed by atoms with van der Waals surface area (Å²) < 4.78 is 0. The van der Waals surface area contributed by atoms with E-state index in [-0.39, 0.29) is 24.0 Å². The average molecular weight is 459 g/mol. The lowest BCUT2D eigenvalue weighted by Crippen LogP contribution is -2.38. The summed E-state index contributed by atoms with van der Waals surface area (Å²) >= 11 is 6.05. The number of aliphatic imine (C=N–C) groups is 1. The van der Waals surface area contributed by atoms with Crippen molar-refractivity contribution in [3.63, 3.8) is 0 Å². The van der Waals surface area contributed by atoms with Crippen LogP contribution in [0.3, 0.4) is 0 Å². The van der Waals surface area contributed by atoms with Crippen molar-refractivity contribution >= 4 is 41.5 Å². The van der Waals surface area contributed by atoms with Gasteiger partial charge in [0.05, 0.1) is 0 Å². The number of halogens is 2. The summed E-state index contributed by atoms with van der Waals surface area (Å²) in [6.07, 6.45) is 2.65. The molecule has 130 valence electrons. The highest BCUT2D eigenvalue weighted by Crippen LogP contribution is 2.12. The summed E-state index contributed by atoms with van der Waals surface area (Å²) in [7, 11) is 2.03. The first-order valence-corrected chi connectivity index (χ1v) is 8.20. The van der Waals surface area contributed by atoms with Crippen molar-refractivity contribution < 1.29 is 0 Å². The first kappa shape index (κ1) is 20.7. The van der Waals surface area contributed by atoms with Crippen LogP contribution < -0.4 is 5.32 Å². The van der Waals surface area contributed by atoms with Gasteiger partial charge in [0, 0.05) is 50.0 Å². The van der Waals surface area contributed by atoms with Crippen molar-refractivity contribution in [1.82, 2.24) is 15.2 Å².